The number of aliphatic hydroxyl groups excluding tert-OH is 1. The smallest absolute Gasteiger partial charge is 0.260 e. The molecule has 0 saturated heterocycles. The van der Waals surface area contributed by atoms with Crippen molar-refractivity contribution in [2.75, 3.05) is 0 Å². The lowest BCUT2D eigenvalue weighted by atomic mass is 10.1. The van der Waals surface area contributed by atoms with Crippen molar-refractivity contribution in [1.82, 2.24) is 10.1 Å². The third-order valence-corrected chi connectivity index (χ3v) is 2.59. The summed E-state index contributed by atoms with van der Waals surface area (Å²) < 4.78 is 5.07. The van der Waals surface area contributed by atoms with Crippen LogP contribution in [0.15, 0.2) is 34.9 Å². The Morgan fingerprint density at radius 1 is 1.29 bits per heavy atom. The van der Waals surface area contributed by atoms with Gasteiger partial charge < -0.3 is 9.63 Å². The number of aryl methyl sites for hydroxylation is 1. The molecule has 1 aromatic heterocycles. The highest BCUT2D eigenvalue weighted by atomic mass is 16.5. The van der Waals surface area contributed by atoms with E-state index >= 15 is 0 Å². The monoisotopic (exact) mass is 232 g/mol. The van der Waals surface area contributed by atoms with Crippen LogP contribution in [0.3, 0.4) is 0 Å². The fraction of sp³-hybridized carbons (Fsp3) is 0.385. The van der Waals surface area contributed by atoms with E-state index in [1.165, 1.54) is 0 Å². The molecule has 1 atom stereocenters. The van der Waals surface area contributed by atoms with E-state index < -0.39 is 6.10 Å². The summed E-state index contributed by atoms with van der Waals surface area (Å²) in [5.74, 6) is 0.930. The Labute approximate surface area is 100 Å². The van der Waals surface area contributed by atoms with Crippen molar-refractivity contribution in [2.24, 2.45) is 0 Å². The van der Waals surface area contributed by atoms with Gasteiger partial charge >= 0.3 is 0 Å². The SMILES string of the molecule is CCCCc1noc(C(O)c2ccccc2)n1. The van der Waals surface area contributed by atoms with Gasteiger partial charge in [0.1, 0.15) is 0 Å². The predicted octanol–water partition coefficient (Wildman–Crippen LogP) is 2.49. The van der Waals surface area contributed by atoms with Crippen LogP contribution in [-0.4, -0.2) is 15.2 Å². The molecular formula is C13H16N2O2. The van der Waals surface area contributed by atoms with E-state index in [9.17, 15) is 5.11 Å². The highest BCUT2D eigenvalue weighted by molar-refractivity contribution is 5.21. The molecule has 0 aliphatic rings. The Bertz CT molecular complexity index is 453. The molecule has 0 radical (unpaired) electrons. The van der Waals surface area contributed by atoms with Crippen LogP contribution < -0.4 is 0 Å². The van der Waals surface area contributed by atoms with E-state index in [4.69, 9.17) is 4.52 Å². The molecule has 2 aromatic rings. The Kier molecular flexibility index (Phi) is 3.88. The van der Waals surface area contributed by atoms with Gasteiger partial charge in [-0.05, 0) is 12.0 Å². The van der Waals surface area contributed by atoms with Crippen LogP contribution in [0.1, 0.15) is 43.1 Å². The normalized spacial score (nSPS) is 12.6. The Morgan fingerprint density at radius 2 is 2.06 bits per heavy atom. The van der Waals surface area contributed by atoms with Crippen LogP contribution in [0.4, 0.5) is 0 Å². The fourth-order valence-corrected chi connectivity index (χ4v) is 1.59. The highest BCUT2D eigenvalue weighted by Crippen LogP contribution is 2.19. The Hall–Kier alpha value is -1.68. The maximum atomic E-state index is 10.0. The molecular weight excluding hydrogens is 216 g/mol. The lowest BCUT2D eigenvalue weighted by molar-refractivity contribution is 0.170. The van der Waals surface area contributed by atoms with Gasteiger partial charge in [0.25, 0.3) is 5.89 Å². The molecule has 4 heteroatoms. The lowest BCUT2D eigenvalue weighted by Crippen LogP contribution is -2.00. The van der Waals surface area contributed by atoms with Crippen molar-refractivity contribution in [1.29, 1.82) is 0 Å². The standard InChI is InChI=1S/C13H16N2O2/c1-2-3-9-11-14-13(17-15-11)12(16)10-7-5-4-6-8-10/h4-8,12,16H,2-3,9H2,1H3. The molecule has 0 aliphatic carbocycles. The second-order valence-electron chi connectivity index (χ2n) is 3.97. The van der Waals surface area contributed by atoms with Gasteiger partial charge in [-0.1, -0.05) is 48.8 Å². The summed E-state index contributed by atoms with van der Waals surface area (Å²) in [7, 11) is 0. The largest absolute Gasteiger partial charge is 0.378 e. The third-order valence-electron chi connectivity index (χ3n) is 2.59. The van der Waals surface area contributed by atoms with E-state index in [1.54, 1.807) is 0 Å². The minimum Gasteiger partial charge on any atom is -0.378 e. The fourth-order valence-electron chi connectivity index (χ4n) is 1.59. The number of unbranched alkanes of at least 4 members (excludes halogenated alkanes) is 1. The van der Waals surface area contributed by atoms with Crippen molar-refractivity contribution in [3.63, 3.8) is 0 Å². The van der Waals surface area contributed by atoms with E-state index in [1.807, 2.05) is 30.3 Å². The maximum absolute atomic E-state index is 10.0. The summed E-state index contributed by atoms with van der Waals surface area (Å²) in [5, 5.41) is 13.9. The average molecular weight is 232 g/mol. The van der Waals surface area contributed by atoms with Crippen LogP contribution in [0.5, 0.6) is 0 Å². The van der Waals surface area contributed by atoms with E-state index in [0.717, 1.165) is 24.8 Å². The number of nitrogens with zero attached hydrogens (tertiary/aromatic N) is 2. The van der Waals surface area contributed by atoms with Gasteiger partial charge in [0.15, 0.2) is 11.9 Å². The molecule has 0 fully saturated rings. The van der Waals surface area contributed by atoms with Gasteiger partial charge in [-0.3, -0.25) is 0 Å². The second kappa shape index (κ2) is 5.59. The molecule has 0 saturated carbocycles. The van der Waals surface area contributed by atoms with Crippen molar-refractivity contribution >= 4 is 0 Å². The molecule has 0 aliphatic heterocycles. The highest BCUT2D eigenvalue weighted by Gasteiger charge is 2.17. The van der Waals surface area contributed by atoms with Crippen molar-refractivity contribution < 1.29 is 9.63 Å². The number of benzene rings is 1. The molecule has 0 bridgehead atoms. The van der Waals surface area contributed by atoms with Crippen LogP contribution >= 0.6 is 0 Å². The number of hydrogen-bond donors (Lipinski definition) is 1. The molecule has 0 spiro atoms. The first kappa shape index (κ1) is 11.8. The summed E-state index contributed by atoms with van der Waals surface area (Å²) in [6.45, 7) is 2.11. The topological polar surface area (TPSA) is 59.2 Å². The van der Waals surface area contributed by atoms with Crippen molar-refractivity contribution in [2.45, 2.75) is 32.3 Å². The zero-order valence-corrected chi connectivity index (χ0v) is 9.84. The predicted molar refractivity (Wildman–Crippen MR) is 63.4 cm³/mol. The minimum absolute atomic E-state index is 0.266. The van der Waals surface area contributed by atoms with E-state index in [2.05, 4.69) is 17.1 Å². The summed E-state index contributed by atoms with van der Waals surface area (Å²) in [6.07, 6.45) is 2.08. The summed E-state index contributed by atoms with van der Waals surface area (Å²) in [6, 6.07) is 9.30. The van der Waals surface area contributed by atoms with Gasteiger partial charge in [0, 0.05) is 6.42 Å². The lowest BCUT2D eigenvalue weighted by Gasteiger charge is -2.04. The average Bonchev–Trinajstić information content (AvgIpc) is 2.85. The molecule has 1 aromatic carbocycles. The van der Waals surface area contributed by atoms with Gasteiger partial charge in [0.2, 0.25) is 0 Å². The van der Waals surface area contributed by atoms with Gasteiger partial charge in [-0.15, -0.1) is 0 Å². The zero-order chi connectivity index (χ0) is 12.1. The molecule has 1 heterocycles. The first-order valence-corrected chi connectivity index (χ1v) is 5.86. The van der Waals surface area contributed by atoms with Crippen LogP contribution in [0.2, 0.25) is 0 Å². The number of rotatable bonds is 5. The molecule has 90 valence electrons. The van der Waals surface area contributed by atoms with Gasteiger partial charge in [-0.25, -0.2) is 0 Å². The second-order valence-corrected chi connectivity index (χ2v) is 3.97. The number of aliphatic hydroxyl groups is 1. The molecule has 4 nitrogen and oxygen atoms in total. The first-order chi connectivity index (χ1) is 8.31. The van der Waals surface area contributed by atoms with Gasteiger partial charge in [0.05, 0.1) is 0 Å². The van der Waals surface area contributed by atoms with Crippen LogP contribution in [-0.2, 0) is 6.42 Å². The zero-order valence-electron chi connectivity index (χ0n) is 9.84. The van der Waals surface area contributed by atoms with Crippen molar-refractivity contribution in [3.05, 3.63) is 47.6 Å². The quantitative estimate of drug-likeness (QED) is 0.860. The summed E-state index contributed by atoms with van der Waals surface area (Å²) in [5.41, 5.74) is 0.762. The molecule has 0 amide bonds. The molecule has 1 unspecified atom stereocenters. The van der Waals surface area contributed by atoms with E-state index in [-0.39, 0.29) is 5.89 Å². The third kappa shape index (κ3) is 2.91. The molecule has 2 rings (SSSR count). The number of hydrogen-bond acceptors (Lipinski definition) is 4. The van der Waals surface area contributed by atoms with Gasteiger partial charge in [-0.2, -0.15) is 4.98 Å². The molecule has 17 heavy (non-hydrogen) atoms. The van der Waals surface area contributed by atoms with Crippen LogP contribution in [0, 0.1) is 0 Å². The number of aromatic nitrogens is 2. The summed E-state index contributed by atoms with van der Waals surface area (Å²) in [4.78, 5) is 4.20. The summed E-state index contributed by atoms with van der Waals surface area (Å²) >= 11 is 0. The Morgan fingerprint density at radius 3 is 2.76 bits per heavy atom. The molecule has 1 N–H and O–H groups in total. The van der Waals surface area contributed by atoms with E-state index in [0.29, 0.717) is 5.82 Å². The first-order valence-electron chi connectivity index (χ1n) is 5.86. The maximum Gasteiger partial charge on any atom is 0.260 e. The van der Waals surface area contributed by atoms with Crippen LogP contribution in [0.25, 0.3) is 0 Å². The van der Waals surface area contributed by atoms with Crippen molar-refractivity contribution in [3.8, 4) is 0 Å². The minimum atomic E-state index is -0.834. The Balaban J connectivity index is 2.09.